The zero-order valence-electron chi connectivity index (χ0n) is 18.3. The highest BCUT2D eigenvalue weighted by molar-refractivity contribution is 9.10. The summed E-state index contributed by atoms with van der Waals surface area (Å²) in [6.07, 6.45) is 4.59. The number of methoxy groups -OCH3 is 1. The fraction of sp³-hybridized carbons (Fsp3) is 0.417. The highest BCUT2D eigenvalue weighted by atomic mass is 79.9. The second-order valence-corrected chi connectivity index (χ2v) is 9.79. The summed E-state index contributed by atoms with van der Waals surface area (Å²) >= 11 is 3.34. The Morgan fingerprint density at radius 1 is 1.34 bits per heavy atom. The van der Waals surface area contributed by atoms with Gasteiger partial charge in [-0.2, -0.15) is 0 Å². The highest BCUT2D eigenvalue weighted by Crippen LogP contribution is 2.51. The summed E-state index contributed by atoms with van der Waals surface area (Å²) in [6, 6.07) is 7.95. The minimum atomic E-state index is -0.540. The zero-order valence-corrected chi connectivity index (χ0v) is 19.9. The number of ether oxygens (including phenoxy) is 2. The number of rotatable bonds is 4. The second-order valence-electron chi connectivity index (χ2n) is 8.87. The molecule has 0 saturated carbocycles. The molecule has 3 heterocycles. The lowest BCUT2D eigenvalue weighted by Crippen LogP contribution is -2.60. The van der Waals surface area contributed by atoms with Gasteiger partial charge in [0.05, 0.1) is 17.7 Å². The van der Waals surface area contributed by atoms with Gasteiger partial charge in [-0.05, 0) is 53.5 Å². The molecule has 5 rings (SSSR count). The number of nitrogens with zero attached hydrogens (tertiary/aromatic N) is 3. The van der Waals surface area contributed by atoms with Crippen LogP contribution in [0.2, 0.25) is 0 Å². The molecule has 3 aromatic rings. The standard InChI is InChI=1S/C24H26BrN3O4/c1-27-12-14(13-32-23(30)15-7-16(25)11-26-10-15)9-24(31-3)18-5-4-6-19-21(18)17(8-20(24)27)22(29)28(19)2/h4-7,10-11,14,20,29H,8-9,12-13H2,1-3H3/t14-,20-,24+/m1/s1. The predicted molar refractivity (Wildman–Crippen MR) is 124 cm³/mol. The fourth-order valence-corrected chi connectivity index (χ4v) is 6.04. The van der Waals surface area contributed by atoms with Crippen molar-refractivity contribution in [1.29, 1.82) is 0 Å². The monoisotopic (exact) mass is 499 g/mol. The van der Waals surface area contributed by atoms with E-state index in [9.17, 15) is 9.90 Å². The first-order valence-electron chi connectivity index (χ1n) is 10.7. The fourth-order valence-electron chi connectivity index (χ4n) is 5.68. The average Bonchev–Trinajstić information content (AvgIpc) is 3.04. The quantitative estimate of drug-likeness (QED) is 0.552. The molecule has 0 bridgehead atoms. The van der Waals surface area contributed by atoms with E-state index in [1.807, 2.05) is 23.7 Å². The Hall–Kier alpha value is -2.42. The molecule has 1 fully saturated rings. The van der Waals surface area contributed by atoms with E-state index < -0.39 is 5.60 Å². The van der Waals surface area contributed by atoms with E-state index in [-0.39, 0.29) is 17.9 Å². The number of esters is 1. The number of piperidine rings is 1. The predicted octanol–water partition coefficient (Wildman–Crippen LogP) is 3.62. The largest absolute Gasteiger partial charge is 0.494 e. The molecule has 1 N–H and O–H groups in total. The van der Waals surface area contributed by atoms with Gasteiger partial charge in [-0.15, -0.1) is 0 Å². The van der Waals surface area contributed by atoms with Gasteiger partial charge < -0.3 is 19.1 Å². The lowest BCUT2D eigenvalue weighted by atomic mass is 9.68. The first kappa shape index (κ1) is 21.4. The van der Waals surface area contributed by atoms with Crippen LogP contribution in [0.1, 0.15) is 27.9 Å². The molecular weight excluding hydrogens is 474 g/mol. The molecule has 0 amide bonds. The molecule has 0 spiro atoms. The first-order valence-corrected chi connectivity index (χ1v) is 11.5. The molecule has 2 aromatic heterocycles. The van der Waals surface area contributed by atoms with Gasteiger partial charge >= 0.3 is 5.97 Å². The number of halogens is 1. The number of carbonyl (C=O) groups excluding carboxylic acids is 1. The zero-order chi connectivity index (χ0) is 22.6. The molecule has 2 aliphatic rings. The van der Waals surface area contributed by atoms with Crippen LogP contribution in [0.3, 0.4) is 0 Å². The van der Waals surface area contributed by atoms with Crippen molar-refractivity contribution in [2.75, 3.05) is 27.3 Å². The minimum Gasteiger partial charge on any atom is -0.494 e. The molecule has 0 unspecified atom stereocenters. The molecular formula is C24H26BrN3O4. The smallest absolute Gasteiger partial charge is 0.339 e. The Morgan fingerprint density at radius 2 is 2.16 bits per heavy atom. The van der Waals surface area contributed by atoms with Crippen LogP contribution >= 0.6 is 15.9 Å². The lowest BCUT2D eigenvalue weighted by Gasteiger charge is -2.52. The van der Waals surface area contributed by atoms with Gasteiger partial charge in [-0.3, -0.25) is 9.88 Å². The van der Waals surface area contributed by atoms with Crippen molar-refractivity contribution in [3.05, 3.63) is 57.8 Å². The van der Waals surface area contributed by atoms with Crippen molar-refractivity contribution in [2.24, 2.45) is 13.0 Å². The number of aromatic hydroxyl groups is 1. The van der Waals surface area contributed by atoms with E-state index >= 15 is 0 Å². The third-order valence-electron chi connectivity index (χ3n) is 7.11. The van der Waals surface area contributed by atoms with Crippen LogP contribution in [0.25, 0.3) is 10.9 Å². The van der Waals surface area contributed by atoms with Crippen LogP contribution in [-0.2, 0) is 28.5 Å². The number of likely N-dealkylation sites (tertiary alicyclic amines) is 1. The third kappa shape index (κ3) is 3.16. The number of pyridine rings is 1. The van der Waals surface area contributed by atoms with Gasteiger partial charge in [0.25, 0.3) is 0 Å². The second kappa shape index (κ2) is 7.86. The highest BCUT2D eigenvalue weighted by Gasteiger charge is 2.52. The van der Waals surface area contributed by atoms with Crippen LogP contribution in [0.5, 0.6) is 5.88 Å². The molecule has 1 aliphatic heterocycles. The van der Waals surface area contributed by atoms with Crippen LogP contribution in [-0.4, -0.2) is 58.9 Å². The summed E-state index contributed by atoms with van der Waals surface area (Å²) in [4.78, 5) is 18.9. The lowest BCUT2D eigenvalue weighted by molar-refractivity contribution is -0.131. The van der Waals surface area contributed by atoms with Crippen molar-refractivity contribution >= 4 is 32.8 Å². The average molecular weight is 500 g/mol. The van der Waals surface area contributed by atoms with Crippen LogP contribution in [0.4, 0.5) is 0 Å². The van der Waals surface area contributed by atoms with Crippen LogP contribution < -0.4 is 0 Å². The number of hydrogen-bond donors (Lipinski definition) is 1. The summed E-state index contributed by atoms with van der Waals surface area (Å²) in [7, 11) is 5.73. The maximum Gasteiger partial charge on any atom is 0.339 e. The number of benzene rings is 1. The van der Waals surface area contributed by atoms with E-state index in [1.54, 1.807) is 19.4 Å². The SMILES string of the molecule is CO[C@]12C[C@@H](COC(=O)c3cncc(Br)c3)CN(C)[C@@H]1Cc1c(O)n(C)c3cccc2c13. The first-order chi connectivity index (χ1) is 15.4. The van der Waals surface area contributed by atoms with Gasteiger partial charge in [0, 0.05) is 60.5 Å². The van der Waals surface area contributed by atoms with Crippen molar-refractivity contribution < 1.29 is 19.4 Å². The van der Waals surface area contributed by atoms with Crippen molar-refractivity contribution in [2.45, 2.75) is 24.5 Å². The van der Waals surface area contributed by atoms with Crippen molar-refractivity contribution in [3.63, 3.8) is 0 Å². The molecule has 32 heavy (non-hydrogen) atoms. The number of likely N-dealkylation sites (N-methyl/N-ethyl adjacent to an activating group) is 1. The number of hydrogen-bond acceptors (Lipinski definition) is 6. The Labute approximate surface area is 195 Å². The third-order valence-corrected chi connectivity index (χ3v) is 7.54. The van der Waals surface area contributed by atoms with E-state index in [2.05, 4.69) is 38.9 Å². The normalized spacial score (nSPS) is 25.0. The molecule has 3 atom stereocenters. The summed E-state index contributed by atoms with van der Waals surface area (Å²) in [5.41, 5.74) is 2.97. The van der Waals surface area contributed by atoms with Gasteiger partial charge in [-0.1, -0.05) is 12.1 Å². The molecule has 8 heteroatoms. The van der Waals surface area contributed by atoms with Crippen molar-refractivity contribution in [1.82, 2.24) is 14.5 Å². The number of aryl methyl sites for hydroxylation is 1. The Balaban J connectivity index is 1.46. The molecule has 168 valence electrons. The number of aromatic nitrogens is 2. The van der Waals surface area contributed by atoms with E-state index in [4.69, 9.17) is 9.47 Å². The van der Waals surface area contributed by atoms with E-state index in [0.29, 0.717) is 24.5 Å². The molecule has 0 radical (unpaired) electrons. The summed E-state index contributed by atoms with van der Waals surface area (Å²) in [5, 5.41) is 11.9. The maximum atomic E-state index is 12.6. The summed E-state index contributed by atoms with van der Waals surface area (Å²) < 4.78 is 14.6. The van der Waals surface area contributed by atoms with Gasteiger partial charge in [0.1, 0.15) is 5.60 Å². The van der Waals surface area contributed by atoms with E-state index in [0.717, 1.165) is 39.5 Å². The van der Waals surface area contributed by atoms with Gasteiger partial charge in [0.15, 0.2) is 5.88 Å². The topological polar surface area (TPSA) is 76.8 Å². The summed E-state index contributed by atoms with van der Waals surface area (Å²) in [6.45, 7) is 1.08. The molecule has 1 aromatic carbocycles. The van der Waals surface area contributed by atoms with Crippen LogP contribution in [0, 0.1) is 5.92 Å². The van der Waals surface area contributed by atoms with Crippen molar-refractivity contribution in [3.8, 4) is 5.88 Å². The summed E-state index contributed by atoms with van der Waals surface area (Å²) in [5.74, 6) is 0.0506. The number of carbonyl (C=O) groups is 1. The molecule has 1 aliphatic carbocycles. The molecule has 1 saturated heterocycles. The Bertz CT molecular complexity index is 1210. The van der Waals surface area contributed by atoms with Crippen LogP contribution in [0.15, 0.2) is 41.1 Å². The van der Waals surface area contributed by atoms with Gasteiger partial charge in [0.2, 0.25) is 0 Å². The van der Waals surface area contributed by atoms with E-state index in [1.165, 1.54) is 6.20 Å². The Kier molecular flexibility index (Phi) is 5.27. The van der Waals surface area contributed by atoms with Gasteiger partial charge in [-0.25, -0.2) is 4.79 Å². The maximum absolute atomic E-state index is 12.6. The minimum absolute atomic E-state index is 0.0835. The number of fused-ring (bicyclic) bond motifs is 2. The Morgan fingerprint density at radius 3 is 2.91 bits per heavy atom. The molecule has 7 nitrogen and oxygen atoms in total.